The third-order valence-corrected chi connectivity index (χ3v) is 6.93. The standard InChI is InChI=1S/C25H40FN3O5/c26-23-13-22(34-11-1-2-19-5-8-27-9-6-19)4-3-21(23)12-24(32)29-14-20(15-29)7-10-28-16-25(33,17-30)18-31/h3-4,13,19-20,27-28,30-31,33H,1-2,5-12,14-18H2. The number of carbonyl (C=O) groups is 1. The van der Waals surface area contributed by atoms with Gasteiger partial charge in [0.15, 0.2) is 0 Å². The van der Waals surface area contributed by atoms with E-state index in [9.17, 15) is 14.3 Å². The minimum Gasteiger partial charge on any atom is -0.493 e. The van der Waals surface area contributed by atoms with E-state index in [1.54, 1.807) is 17.0 Å². The van der Waals surface area contributed by atoms with Crippen LogP contribution in [0.4, 0.5) is 4.39 Å². The van der Waals surface area contributed by atoms with E-state index in [-0.39, 0.29) is 18.9 Å². The molecule has 0 spiro atoms. The van der Waals surface area contributed by atoms with Gasteiger partial charge in [0.2, 0.25) is 5.91 Å². The zero-order valence-electron chi connectivity index (χ0n) is 20.0. The van der Waals surface area contributed by atoms with Gasteiger partial charge in [0.05, 0.1) is 26.2 Å². The highest BCUT2D eigenvalue weighted by Crippen LogP contribution is 2.23. The number of nitrogens with zero attached hydrogens (tertiary/aromatic N) is 1. The van der Waals surface area contributed by atoms with Crippen molar-refractivity contribution in [3.05, 3.63) is 29.6 Å². The third kappa shape index (κ3) is 8.16. The molecule has 5 N–H and O–H groups in total. The van der Waals surface area contributed by atoms with Gasteiger partial charge in [-0.15, -0.1) is 0 Å². The molecular formula is C25H40FN3O5. The maximum absolute atomic E-state index is 14.5. The molecule has 192 valence electrons. The number of nitrogens with one attached hydrogen (secondary N) is 2. The molecule has 0 radical (unpaired) electrons. The molecule has 2 saturated heterocycles. The number of amides is 1. The molecule has 2 aliphatic heterocycles. The third-order valence-electron chi connectivity index (χ3n) is 6.93. The van der Waals surface area contributed by atoms with Gasteiger partial charge in [-0.3, -0.25) is 4.79 Å². The Balaban J connectivity index is 1.30. The van der Waals surface area contributed by atoms with Crippen molar-refractivity contribution in [1.82, 2.24) is 15.5 Å². The summed E-state index contributed by atoms with van der Waals surface area (Å²) in [4.78, 5) is 14.2. The number of carbonyl (C=O) groups excluding carboxylic acids is 1. The SMILES string of the molecule is O=C(Cc1ccc(OCCCC2CCNCC2)cc1F)N1CC(CCNCC(O)(CO)CO)C1. The molecule has 0 aliphatic carbocycles. The zero-order chi connectivity index (χ0) is 24.4. The van der Waals surface area contributed by atoms with Gasteiger partial charge < -0.3 is 35.6 Å². The lowest BCUT2D eigenvalue weighted by molar-refractivity contribution is -0.136. The number of hydrogen-bond donors (Lipinski definition) is 5. The Bertz CT molecular complexity index is 765. The highest BCUT2D eigenvalue weighted by atomic mass is 19.1. The number of hydrogen-bond acceptors (Lipinski definition) is 7. The first-order valence-electron chi connectivity index (χ1n) is 12.5. The molecule has 3 rings (SSSR count). The van der Waals surface area contributed by atoms with Crippen LogP contribution in [-0.2, 0) is 11.2 Å². The summed E-state index contributed by atoms with van der Waals surface area (Å²) in [7, 11) is 0. The molecular weight excluding hydrogens is 441 g/mol. The molecule has 34 heavy (non-hydrogen) atoms. The summed E-state index contributed by atoms with van der Waals surface area (Å²) in [5.74, 6) is 1.10. The molecule has 2 aliphatic rings. The number of halogens is 1. The second-order valence-electron chi connectivity index (χ2n) is 9.78. The fraction of sp³-hybridized carbons (Fsp3) is 0.720. The molecule has 1 amide bonds. The average Bonchev–Trinajstić information content (AvgIpc) is 2.82. The lowest BCUT2D eigenvalue weighted by Gasteiger charge is -2.39. The van der Waals surface area contributed by atoms with Crippen molar-refractivity contribution >= 4 is 5.91 Å². The fourth-order valence-electron chi connectivity index (χ4n) is 4.51. The minimum absolute atomic E-state index is 0.0346. The second-order valence-corrected chi connectivity index (χ2v) is 9.78. The predicted octanol–water partition coefficient (Wildman–Crippen LogP) is 0.681. The summed E-state index contributed by atoms with van der Waals surface area (Å²) >= 11 is 0. The summed E-state index contributed by atoms with van der Waals surface area (Å²) in [6.07, 6.45) is 5.37. The number of likely N-dealkylation sites (tertiary alicyclic amines) is 1. The van der Waals surface area contributed by atoms with Crippen molar-refractivity contribution in [1.29, 1.82) is 0 Å². The fourth-order valence-corrected chi connectivity index (χ4v) is 4.51. The van der Waals surface area contributed by atoms with Crippen molar-refractivity contribution in [3.8, 4) is 5.75 Å². The van der Waals surface area contributed by atoms with Crippen LogP contribution in [0.25, 0.3) is 0 Å². The highest BCUT2D eigenvalue weighted by molar-refractivity contribution is 5.79. The van der Waals surface area contributed by atoms with E-state index in [1.165, 1.54) is 18.9 Å². The first-order valence-corrected chi connectivity index (χ1v) is 12.5. The van der Waals surface area contributed by atoms with E-state index < -0.39 is 24.6 Å². The van der Waals surface area contributed by atoms with Crippen LogP contribution in [0.1, 0.15) is 37.7 Å². The van der Waals surface area contributed by atoms with Crippen LogP contribution in [0.3, 0.4) is 0 Å². The van der Waals surface area contributed by atoms with E-state index in [4.69, 9.17) is 14.9 Å². The number of aliphatic hydroxyl groups excluding tert-OH is 2. The monoisotopic (exact) mass is 481 g/mol. The maximum Gasteiger partial charge on any atom is 0.227 e. The first-order chi connectivity index (χ1) is 16.4. The number of benzene rings is 1. The lowest BCUT2D eigenvalue weighted by Crippen LogP contribution is -2.52. The number of ether oxygens (including phenoxy) is 1. The first kappa shape index (κ1) is 26.8. The van der Waals surface area contributed by atoms with Crippen LogP contribution in [0.5, 0.6) is 5.75 Å². The Kier molecular flexibility index (Phi) is 10.5. The molecule has 8 nitrogen and oxygen atoms in total. The van der Waals surface area contributed by atoms with E-state index in [0.29, 0.717) is 43.5 Å². The molecule has 2 fully saturated rings. The predicted molar refractivity (Wildman–Crippen MR) is 127 cm³/mol. The summed E-state index contributed by atoms with van der Waals surface area (Å²) in [6, 6.07) is 4.75. The minimum atomic E-state index is -1.51. The normalized spacial score (nSPS) is 17.6. The molecule has 0 unspecified atom stereocenters. The van der Waals surface area contributed by atoms with Crippen LogP contribution < -0.4 is 15.4 Å². The Labute approximate surface area is 201 Å². The van der Waals surface area contributed by atoms with Crippen LogP contribution in [0.15, 0.2) is 18.2 Å². The summed E-state index contributed by atoms with van der Waals surface area (Å²) in [6.45, 7) is 3.72. The molecule has 1 aromatic rings. The van der Waals surface area contributed by atoms with Crippen molar-refractivity contribution < 1.29 is 29.2 Å². The van der Waals surface area contributed by atoms with Gasteiger partial charge in [-0.1, -0.05) is 6.07 Å². The molecule has 0 aromatic heterocycles. The largest absolute Gasteiger partial charge is 0.493 e. The van der Waals surface area contributed by atoms with Gasteiger partial charge in [0.25, 0.3) is 0 Å². The van der Waals surface area contributed by atoms with Crippen LogP contribution in [-0.4, -0.2) is 90.8 Å². The van der Waals surface area contributed by atoms with Gasteiger partial charge in [0, 0.05) is 25.7 Å². The Morgan fingerprint density at radius 1 is 1.18 bits per heavy atom. The van der Waals surface area contributed by atoms with E-state index in [1.807, 2.05) is 0 Å². The summed E-state index contributed by atoms with van der Waals surface area (Å²) in [5.41, 5.74) is -1.14. The molecule has 9 heteroatoms. The van der Waals surface area contributed by atoms with Crippen molar-refractivity contribution in [2.24, 2.45) is 11.8 Å². The van der Waals surface area contributed by atoms with Gasteiger partial charge in [-0.2, -0.15) is 0 Å². The number of piperidine rings is 1. The summed E-state index contributed by atoms with van der Waals surface area (Å²) in [5, 5.41) is 34.3. The van der Waals surface area contributed by atoms with Gasteiger partial charge in [-0.05, 0) is 75.2 Å². The Hall–Kier alpha value is -1.78. The lowest BCUT2D eigenvalue weighted by atomic mass is 9.93. The van der Waals surface area contributed by atoms with E-state index in [2.05, 4.69) is 10.6 Å². The van der Waals surface area contributed by atoms with Crippen LogP contribution in [0.2, 0.25) is 0 Å². The maximum atomic E-state index is 14.5. The van der Waals surface area contributed by atoms with Crippen LogP contribution in [0, 0.1) is 17.7 Å². The molecule has 0 saturated carbocycles. The highest BCUT2D eigenvalue weighted by Gasteiger charge is 2.31. The molecule has 0 atom stereocenters. The number of rotatable bonds is 14. The average molecular weight is 482 g/mol. The van der Waals surface area contributed by atoms with E-state index >= 15 is 0 Å². The zero-order valence-corrected chi connectivity index (χ0v) is 20.0. The van der Waals surface area contributed by atoms with Gasteiger partial charge in [0.1, 0.15) is 17.2 Å². The smallest absolute Gasteiger partial charge is 0.227 e. The molecule has 1 aromatic carbocycles. The Morgan fingerprint density at radius 3 is 2.59 bits per heavy atom. The van der Waals surface area contributed by atoms with Crippen molar-refractivity contribution in [3.63, 3.8) is 0 Å². The van der Waals surface area contributed by atoms with Gasteiger partial charge in [-0.25, -0.2) is 4.39 Å². The van der Waals surface area contributed by atoms with Crippen molar-refractivity contribution in [2.75, 3.05) is 59.1 Å². The number of aliphatic hydroxyl groups is 3. The molecule has 0 bridgehead atoms. The second kappa shape index (κ2) is 13.3. The van der Waals surface area contributed by atoms with Gasteiger partial charge >= 0.3 is 0 Å². The topological polar surface area (TPSA) is 114 Å². The van der Waals surface area contributed by atoms with Crippen LogP contribution >= 0.6 is 0 Å². The van der Waals surface area contributed by atoms with E-state index in [0.717, 1.165) is 38.3 Å². The van der Waals surface area contributed by atoms with Crippen molar-refractivity contribution in [2.45, 2.75) is 44.1 Å². The Morgan fingerprint density at radius 2 is 1.91 bits per heavy atom. The molecule has 2 heterocycles. The summed E-state index contributed by atoms with van der Waals surface area (Å²) < 4.78 is 20.2. The quantitative estimate of drug-likeness (QED) is 0.248.